The number of nitrogens with zero attached hydrogens (tertiary/aromatic N) is 7. The highest BCUT2D eigenvalue weighted by molar-refractivity contribution is 9.09. The van der Waals surface area contributed by atoms with Crippen LogP contribution in [0.5, 0.6) is 11.5 Å². The Hall–Kier alpha value is -10.6. The van der Waals surface area contributed by atoms with Gasteiger partial charge in [-0.15, -0.1) is 0 Å². The molecule has 22 nitrogen and oxygen atoms in total. The van der Waals surface area contributed by atoms with Gasteiger partial charge in [-0.25, -0.2) is 19.2 Å². The molecule has 36 heteroatoms. The molecule has 0 fully saturated rings. The second-order valence-corrected chi connectivity index (χ2v) is 21.0. The topological polar surface area (TPSA) is 307 Å². The lowest BCUT2D eigenvalue weighted by Gasteiger charge is -2.13. The molecule has 0 atom stereocenters. The summed E-state index contributed by atoms with van der Waals surface area (Å²) >= 11 is 3.12. The molecule has 0 unspecified atom stereocenters. The Morgan fingerprint density at radius 2 is 0.740 bits per heavy atom. The average Bonchev–Trinajstić information content (AvgIpc) is 0.757. The number of aromatic hydroxyl groups is 2. The van der Waals surface area contributed by atoms with Crippen molar-refractivity contribution in [2.24, 2.45) is 0 Å². The molecule has 0 amide bonds. The number of nitrogens with one attached hydrogen (secondary N) is 1. The minimum absolute atomic E-state index is 0. The summed E-state index contributed by atoms with van der Waals surface area (Å²) in [4.78, 5) is 91.8. The first-order valence-corrected chi connectivity index (χ1v) is 30.2. The standard InChI is InChI=1S/C17H17F3N2O3.C16H15F3N2O4.C14H11F3N2O4.C9H8BrF3.C8H10N2O3.FH/c1-3-25-16(24)14-15(23)11(2)10-22(21-14)9-8-12-6-4-5-7-13(12)17(18,19)20;1-2-25-15(24)13-14(23)12(22)9-21(20-13)8-7-10-5-3-4-6-11(10)16(17,18)19;15-14(16,17)9-4-2-1-3-8(9)5-6-19-7-10(20)12(21)11(18-19)13(22)23;10-6-5-7-3-1-2-4-8(7)9(11,12)13;1-3-13-8(12)6-7(11)5(2)4-9-10-6;/h4-7,10H,3,8-9H2,1-2H3;3-6,9,22H,2,7-8H2,1H3;1-4,7,20H,5-6H2,(H,22,23);1-4H,5-6H2;4H,3H2,1-2H3,(H,9,11);1H. The number of carbonyl (C=O) groups is 4. The number of halogens is 14. The molecule has 4 aromatic heterocycles. The van der Waals surface area contributed by atoms with Crippen LogP contribution < -0.4 is 21.7 Å². The van der Waals surface area contributed by atoms with Gasteiger partial charge in [0.05, 0.1) is 54.5 Å². The summed E-state index contributed by atoms with van der Waals surface area (Å²) < 4.78 is 171. The Labute approximate surface area is 565 Å². The summed E-state index contributed by atoms with van der Waals surface area (Å²) in [5, 5.41) is 45.5. The number of alkyl halides is 13. The van der Waals surface area contributed by atoms with Gasteiger partial charge in [0.1, 0.15) is 0 Å². The number of hydrogen-bond donors (Lipinski definition) is 4. The number of H-pyrrole nitrogens is 1. The number of esters is 3. The minimum Gasteiger partial charge on any atom is -0.503 e. The van der Waals surface area contributed by atoms with E-state index < -0.39 is 115 Å². The molecule has 0 saturated heterocycles. The van der Waals surface area contributed by atoms with E-state index in [-0.39, 0.29) is 97.1 Å². The van der Waals surface area contributed by atoms with E-state index in [2.05, 4.69) is 50.9 Å². The van der Waals surface area contributed by atoms with Crippen molar-refractivity contribution in [3.63, 3.8) is 0 Å². The number of benzene rings is 4. The predicted octanol–water partition coefficient (Wildman–Crippen LogP) is 11.3. The number of ether oxygens (including phenoxy) is 3. The maximum Gasteiger partial charge on any atom is 0.416 e. The minimum atomic E-state index is -4.51. The highest BCUT2D eigenvalue weighted by atomic mass is 79.9. The first-order chi connectivity index (χ1) is 46.4. The second-order valence-electron chi connectivity index (χ2n) is 20.2. The van der Waals surface area contributed by atoms with E-state index in [0.29, 0.717) is 22.9 Å². The summed E-state index contributed by atoms with van der Waals surface area (Å²) in [7, 11) is 0. The number of aromatic nitrogens is 8. The molecule has 0 aliphatic rings. The lowest BCUT2D eigenvalue weighted by atomic mass is 10.0. The first-order valence-electron chi connectivity index (χ1n) is 29.0. The maximum absolute atomic E-state index is 13.0. The zero-order valence-electron chi connectivity index (χ0n) is 53.1. The van der Waals surface area contributed by atoms with Gasteiger partial charge < -0.3 is 29.5 Å². The molecule has 4 aromatic carbocycles. The third-order valence-electron chi connectivity index (χ3n) is 13.2. The molecular formula is C64H62BrF13N8O14. The highest BCUT2D eigenvalue weighted by Crippen LogP contribution is 2.35. The number of hydrogen-bond acceptors (Lipinski definition) is 17. The van der Waals surface area contributed by atoms with Crippen molar-refractivity contribution in [2.45, 2.75) is 105 Å². The monoisotopic (exact) mass is 1490 g/mol. The lowest BCUT2D eigenvalue weighted by molar-refractivity contribution is -0.139. The van der Waals surface area contributed by atoms with Crippen molar-refractivity contribution < 1.29 is 106 Å². The number of aromatic carboxylic acids is 1. The summed E-state index contributed by atoms with van der Waals surface area (Å²) in [6, 6.07) is 20.9. The molecule has 0 spiro atoms. The van der Waals surface area contributed by atoms with Crippen LogP contribution >= 0.6 is 15.9 Å². The third-order valence-corrected chi connectivity index (χ3v) is 13.6. The fraction of sp³-hybridized carbons (Fsp3) is 0.312. The van der Waals surface area contributed by atoms with Crippen LogP contribution in [-0.2, 0) is 84.2 Å². The molecule has 0 radical (unpaired) electrons. The molecule has 540 valence electrons. The Morgan fingerprint density at radius 3 is 1.07 bits per heavy atom. The van der Waals surface area contributed by atoms with E-state index in [1.165, 1.54) is 97.7 Å². The normalized spacial score (nSPS) is 11.1. The number of rotatable bonds is 18. The molecule has 8 aromatic rings. The first kappa shape index (κ1) is 83.7. The summed E-state index contributed by atoms with van der Waals surface area (Å²) in [5.74, 6) is -5.74. The molecule has 8 rings (SSSR count). The van der Waals surface area contributed by atoms with Gasteiger partial charge in [0.2, 0.25) is 33.6 Å². The van der Waals surface area contributed by atoms with Crippen LogP contribution in [0.25, 0.3) is 0 Å². The van der Waals surface area contributed by atoms with Gasteiger partial charge in [-0.05, 0) is 107 Å². The second kappa shape index (κ2) is 38.0. The largest absolute Gasteiger partial charge is 0.503 e. The maximum atomic E-state index is 13.0. The van der Waals surface area contributed by atoms with Crippen LogP contribution in [0.15, 0.2) is 141 Å². The van der Waals surface area contributed by atoms with Gasteiger partial charge in [0.25, 0.3) is 10.9 Å². The van der Waals surface area contributed by atoms with Gasteiger partial charge in [-0.1, -0.05) is 88.7 Å². The van der Waals surface area contributed by atoms with Crippen LogP contribution in [0.1, 0.15) is 118 Å². The number of aryl methyl sites for hydroxylation is 9. The molecule has 4 N–H and O–H groups in total. The molecule has 100 heavy (non-hydrogen) atoms. The molecule has 0 saturated carbocycles. The number of aromatic amines is 1. The Morgan fingerprint density at radius 1 is 0.450 bits per heavy atom. The average molecular weight is 1490 g/mol. The summed E-state index contributed by atoms with van der Waals surface area (Å²) in [6.45, 7) is 8.11. The highest BCUT2D eigenvalue weighted by Gasteiger charge is 2.36. The van der Waals surface area contributed by atoms with Crippen molar-refractivity contribution in [3.8, 4) is 11.5 Å². The van der Waals surface area contributed by atoms with Crippen LogP contribution in [0.2, 0.25) is 0 Å². The molecular weight excluding hydrogens is 1430 g/mol. The van der Waals surface area contributed by atoms with Crippen LogP contribution in [0, 0.1) is 13.8 Å². The van der Waals surface area contributed by atoms with E-state index in [1.54, 1.807) is 26.8 Å². The fourth-order valence-corrected chi connectivity index (χ4v) is 9.00. The Kier molecular flexibility index (Phi) is 31.8. The van der Waals surface area contributed by atoms with Gasteiger partial charge in [-0.2, -0.15) is 73.1 Å². The van der Waals surface area contributed by atoms with Crippen LogP contribution in [-0.4, -0.2) is 104 Å². The SMILES string of the molecule is CCOC(=O)c1n[nH]cc(C)c1=O.CCOC(=O)c1nn(CCc2ccccc2C(F)(F)F)cc(C)c1=O.CCOC(=O)c1nn(CCc2ccccc2C(F)(F)F)cc(O)c1=O.F.FC(F)(F)c1ccccc1CCBr.O=C(O)c1nn(CCc2ccccc2C(F)(F)F)cc(O)c1=O. The van der Waals surface area contributed by atoms with E-state index in [1.807, 2.05) is 0 Å². The van der Waals surface area contributed by atoms with E-state index in [9.17, 15) is 101 Å². The predicted molar refractivity (Wildman–Crippen MR) is 335 cm³/mol. The van der Waals surface area contributed by atoms with Crippen molar-refractivity contribution >= 4 is 39.8 Å². The zero-order chi connectivity index (χ0) is 74.2. The van der Waals surface area contributed by atoms with Crippen LogP contribution in [0.3, 0.4) is 0 Å². The molecule has 0 bridgehead atoms. The lowest BCUT2D eigenvalue weighted by Crippen LogP contribution is -2.26. The molecule has 4 heterocycles. The van der Waals surface area contributed by atoms with E-state index >= 15 is 0 Å². The number of carboxylic acid groups (broad SMARTS) is 1. The molecule has 0 aliphatic heterocycles. The number of carboxylic acids is 1. The molecule has 0 aliphatic carbocycles. The van der Waals surface area contributed by atoms with Gasteiger partial charge >= 0.3 is 48.6 Å². The van der Waals surface area contributed by atoms with Crippen LogP contribution in [0.4, 0.5) is 57.4 Å². The quantitative estimate of drug-likeness (QED) is 0.0268. The smallest absolute Gasteiger partial charge is 0.416 e. The van der Waals surface area contributed by atoms with Gasteiger partial charge in [-0.3, -0.25) is 43.0 Å². The van der Waals surface area contributed by atoms with E-state index in [0.717, 1.165) is 46.0 Å². The fourth-order valence-electron chi connectivity index (χ4n) is 8.57. The summed E-state index contributed by atoms with van der Waals surface area (Å²) in [6.07, 6.45) is -12.7. The van der Waals surface area contributed by atoms with Crippen molar-refractivity contribution in [1.82, 2.24) is 39.5 Å². The number of carbonyl (C=O) groups excluding carboxylic acids is 3. The van der Waals surface area contributed by atoms with Crippen molar-refractivity contribution in [3.05, 3.63) is 241 Å². The van der Waals surface area contributed by atoms with Crippen molar-refractivity contribution in [2.75, 3.05) is 25.2 Å². The Balaban J connectivity index is 0.000000332. The zero-order valence-corrected chi connectivity index (χ0v) is 54.7. The van der Waals surface area contributed by atoms with E-state index in [4.69, 9.17) is 9.84 Å². The van der Waals surface area contributed by atoms with Gasteiger partial charge in [0, 0.05) is 48.5 Å². The Bertz CT molecular complexity index is 4210. The van der Waals surface area contributed by atoms with Crippen molar-refractivity contribution in [1.29, 1.82) is 0 Å². The third kappa shape index (κ3) is 24.8. The van der Waals surface area contributed by atoms with Gasteiger partial charge in [0.15, 0.2) is 11.5 Å². The summed E-state index contributed by atoms with van der Waals surface area (Å²) in [5.41, 5.74) is -6.78.